The highest BCUT2D eigenvalue weighted by molar-refractivity contribution is 6.99. The SMILES string of the molecule is CCNc1nsnc1-c1ccc(C2CCC2)cc1. The Bertz CT molecular complexity index is 514. The van der Waals surface area contributed by atoms with Gasteiger partial charge in [0.15, 0.2) is 5.82 Å². The van der Waals surface area contributed by atoms with E-state index in [4.69, 9.17) is 0 Å². The number of nitrogens with one attached hydrogen (secondary N) is 1. The molecule has 94 valence electrons. The minimum absolute atomic E-state index is 0.792. The third-order valence-electron chi connectivity index (χ3n) is 3.59. The molecule has 0 saturated heterocycles. The zero-order chi connectivity index (χ0) is 12.4. The number of anilines is 1. The van der Waals surface area contributed by atoms with E-state index in [0.29, 0.717) is 0 Å². The van der Waals surface area contributed by atoms with Gasteiger partial charge in [-0.05, 0) is 31.2 Å². The van der Waals surface area contributed by atoms with Crippen molar-refractivity contribution in [3.05, 3.63) is 29.8 Å². The summed E-state index contributed by atoms with van der Waals surface area (Å²) in [6, 6.07) is 8.83. The molecule has 1 heterocycles. The summed E-state index contributed by atoms with van der Waals surface area (Å²) in [4.78, 5) is 0. The highest BCUT2D eigenvalue weighted by Gasteiger charge is 2.19. The Kier molecular flexibility index (Phi) is 3.28. The van der Waals surface area contributed by atoms with Crippen molar-refractivity contribution in [2.75, 3.05) is 11.9 Å². The molecule has 3 nitrogen and oxygen atoms in total. The van der Waals surface area contributed by atoms with Crippen molar-refractivity contribution in [3.8, 4) is 11.3 Å². The van der Waals surface area contributed by atoms with Crippen LogP contribution in [0.3, 0.4) is 0 Å². The second kappa shape index (κ2) is 5.06. The van der Waals surface area contributed by atoms with Gasteiger partial charge in [-0.2, -0.15) is 8.75 Å². The van der Waals surface area contributed by atoms with Gasteiger partial charge in [-0.15, -0.1) is 0 Å². The van der Waals surface area contributed by atoms with E-state index in [1.165, 1.54) is 36.6 Å². The summed E-state index contributed by atoms with van der Waals surface area (Å²) in [7, 11) is 0. The lowest BCUT2D eigenvalue weighted by atomic mass is 9.80. The van der Waals surface area contributed by atoms with Gasteiger partial charge in [0.1, 0.15) is 5.69 Å². The number of nitrogens with zero attached hydrogens (tertiary/aromatic N) is 2. The molecule has 3 rings (SSSR count). The summed E-state index contributed by atoms with van der Waals surface area (Å²) in [6.45, 7) is 2.95. The summed E-state index contributed by atoms with van der Waals surface area (Å²) in [6.07, 6.45) is 4.08. The van der Waals surface area contributed by atoms with Gasteiger partial charge in [-0.25, -0.2) is 0 Å². The number of hydrogen-bond acceptors (Lipinski definition) is 4. The molecular weight excluding hydrogens is 242 g/mol. The largest absolute Gasteiger partial charge is 0.368 e. The Morgan fingerprint density at radius 3 is 2.61 bits per heavy atom. The van der Waals surface area contributed by atoms with E-state index in [1.807, 2.05) is 0 Å². The first-order valence-corrected chi connectivity index (χ1v) is 7.28. The van der Waals surface area contributed by atoms with E-state index in [-0.39, 0.29) is 0 Å². The molecule has 1 aliphatic carbocycles. The number of benzene rings is 1. The van der Waals surface area contributed by atoms with Crippen molar-refractivity contribution < 1.29 is 0 Å². The van der Waals surface area contributed by atoms with E-state index in [9.17, 15) is 0 Å². The zero-order valence-electron chi connectivity index (χ0n) is 10.5. The van der Waals surface area contributed by atoms with Gasteiger partial charge in [0.2, 0.25) is 0 Å². The molecule has 0 aliphatic heterocycles. The molecule has 0 unspecified atom stereocenters. The molecule has 0 bridgehead atoms. The fourth-order valence-electron chi connectivity index (χ4n) is 2.32. The van der Waals surface area contributed by atoms with E-state index in [1.54, 1.807) is 0 Å². The van der Waals surface area contributed by atoms with Crippen LogP contribution in [-0.2, 0) is 0 Å². The molecule has 1 aliphatic rings. The molecule has 0 amide bonds. The molecule has 1 aromatic heterocycles. The van der Waals surface area contributed by atoms with E-state index in [0.717, 1.165) is 29.5 Å². The zero-order valence-corrected chi connectivity index (χ0v) is 11.3. The molecule has 1 saturated carbocycles. The van der Waals surface area contributed by atoms with E-state index in [2.05, 4.69) is 45.3 Å². The first-order valence-electron chi connectivity index (χ1n) is 6.55. The maximum Gasteiger partial charge on any atom is 0.168 e. The maximum atomic E-state index is 4.38. The minimum Gasteiger partial charge on any atom is -0.368 e. The van der Waals surface area contributed by atoms with Crippen LogP contribution in [0.25, 0.3) is 11.3 Å². The molecule has 4 heteroatoms. The van der Waals surface area contributed by atoms with Crippen LogP contribution in [0.1, 0.15) is 37.7 Å². The van der Waals surface area contributed by atoms with Gasteiger partial charge in [0.25, 0.3) is 0 Å². The van der Waals surface area contributed by atoms with Gasteiger partial charge in [-0.1, -0.05) is 30.7 Å². The molecule has 1 aromatic carbocycles. The molecule has 0 radical (unpaired) electrons. The predicted molar refractivity (Wildman–Crippen MR) is 76.1 cm³/mol. The lowest BCUT2D eigenvalue weighted by Gasteiger charge is -2.25. The van der Waals surface area contributed by atoms with Crippen molar-refractivity contribution in [2.45, 2.75) is 32.1 Å². The normalized spacial score (nSPS) is 15.4. The van der Waals surface area contributed by atoms with Crippen LogP contribution in [0.4, 0.5) is 5.82 Å². The summed E-state index contributed by atoms with van der Waals surface area (Å²) in [5.41, 5.74) is 3.60. The predicted octanol–water partition coefficient (Wildman–Crippen LogP) is 3.90. The summed E-state index contributed by atoms with van der Waals surface area (Å²) in [5.74, 6) is 1.69. The van der Waals surface area contributed by atoms with Crippen LogP contribution < -0.4 is 5.32 Å². The molecule has 18 heavy (non-hydrogen) atoms. The summed E-state index contributed by atoms with van der Waals surface area (Å²) >= 11 is 1.26. The Morgan fingerprint density at radius 2 is 2.00 bits per heavy atom. The number of aromatic nitrogens is 2. The van der Waals surface area contributed by atoms with Gasteiger partial charge in [-0.3, -0.25) is 0 Å². The lowest BCUT2D eigenvalue weighted by molar-refractivity contribution is 0.420. The molecule has 0 atom stereocenters. The van der Waals surface area contributed by atoms with Gasteiger partial charge < -0.3 is 5.32 Å². The van der Waals surface area contributed by atoms with Crippen LogP contribution in [-0.4, -0.2) is 15.3 Å². The fourth-order valence-corrected chi connectivity index (χ4v) is 2.86. The van der Waals surface area contributed by atoms with Crippen LogP contribution in [0.15, 0.2) is 24.3 Å². The molecular formula is C14H17N3S. The average Bonchev–Trinajstić information content (AvgIpc) is 2.77. The van der Waals surface area contributed by atoms with Crippen LogP contribution in [0.2, 0.25) is 0 Å². The van der Waals surface area contributed by atoms with Gasteiger partial charge in [0.05, 0.1) is 11.7 Å². The van der Waals surface area contributed by atoms with Crippen LogP contribution in [0.5, 0.6) is 0 Å². The van der Waals surface area contributed by atoms with Gasteiger partial charge in [0, 0.05) is 12.1 Å². The Morgan fingerprint density at radius 1 is 1.22 bits per heavy atom. The highest BCUT2D eigenvalue weighted by Crippen LogP contribution is 2.37. The highest BCUT2D eigenvalue weighted by atomic mass is 32.1. The average molecular weight is 259 g/mol. The lowest BCUT2D eigenvalue weighted by Crippen LogP contribution is -2.08. The second-order valence-electron chi connectivity index (χ2n) is 4.74. The number of rotatable bonds is 4. The topological polar surface area (TPSA) is 37.8 Å². The maximum absolute atomic E-state index is 4.38. The number of hydrogen-bond donors (Lipinski definition) is 1. The standard InChI is InChI=1S/C14H17N3S/c1-2-15-14-13(16-18-17-14)12-8-6-11(7-9-12)10-4-3-5-10/h6-10H,2-5H2,1H3,(H,15,17). The van der Waals surface area contributed by atoms with Crippen molar-refractivity contribution >= 4 is 17.5 Å². The monoisotopic (exact) mass is 259 g/mol. The molecule has 1 N–H and O–H groups in total. The van der Waals surface area contributed by atoms with Crippen LogP contribution >= 0.6 is 11.7 Å². The van der Waals surface area contributed by atoms with Crippen LogP contribution in [0, 0.1) is 0 Å². The Labute approximate surface area is 112 Å². The third-order valence-corrected chi connectivity index (χ3v) is 4.12. The van der Waals surface area contributed by atoms with Crippen molar-refractivity contribution in [1.82, 2.24) is 8.75 Å². The fraction of sp³-hybridized carbons (Fsp3) is 0.429. The van der Waals surface area contributed by atoms with Crippen molar-refractivity contribution in [3.63, 3.8) is 0 Å². The third kappa shape index (κ3) is 2.12. The quantitative estimate of drug-likeness (QED) is 0.904. The first-order chi connectivity index (χ1) is 8.88. The summed E-state index contributed by atoms with van der Waals surface area (Å²) in [5, 5.41) is 3.25. The smallest absolute Gasteiger partial charge is 0.168 e. The van der Waals surface area contributed by atoms with Gasteiger partial charge >= 0.3 is 0 Å². The summed E-state index contributed by atoms with van der Waals surface area (Å²) < 4.78 is 8.67. The Hall–Kier alpha value is -1.42. The van der Waals surface area contributed by atoms with E-state index >= 15 is 0 Å². The first kappa shape index (κ1) is 11.7. The molecule has 1 fully saturated rings. The Balaban J connectivity index is 1.84. The second-order valence-corrected chi connectivity index (χ2v) is 5.27. The van der Waals surface area contributed by atoms with Crippen molar-refractivity contribution in [2.24, 2.45) is 0 Å². The molecule has 2 aromatic rings. The van der Waals surface area contributed by atoms with Crippen molar-refractivity contribution in [1.29, 1.82) is 0 Å². The molecule has 0 spiro atoms. The minimum atomic E-state index is 0.792. The van der Waals surface area contributed by atoms with E-state index < -0.39 is 0 Å².